The van der Waals surface area contributed by atoms with Crippen LogP contribution in [0.1, 0.15) is 54.4 Å². The van der Waals surface area contributed by atoms with Crippen LogP contribution in [0, 0.1) is 0 Å². The highest BCUT2D eigenvalue weighted by Gasteiger charge is 2.33. The van der Waals surface area contributed by atoms with Crippen molar-refractivity contribution in [2.45, 2.75) is 49.7 Å². The predicted octanol–water partition coefficient (Wildman–Crippen LogP) is 6.56. The molecule has 2 aliphatic rings. The third-order valence-electron chi connectivity index (χ3n) is 8.07. The Hall–Kier alpha value is -4.74. The van der Waals surface area contributed by atoms with Gasteiger partial charge in [-0.25, -0.2) is 14.6 Å². The molecule has 0 spiro atoms. The average molecular weight is 675 g/mol. The molecule has 6 rings (SSSR count). The number of nitrogens with one attached hydrogen (secondary N) is 2. The topological polar surface area (TPSA) is 129 Å². The third kappa shape index (κ3) is 7.81. The van der Waals surface area contributed by atoms with Gasteiger partial charge in [0.15, 0.2) is 0 Å². The van der Waals surface area contributed by atoms with Crippen LogP contribution in [0.3, 0.4) is 0 Å². The number of carbonyl (C=O) groups excluding carboxylic acids is 3. The number of urea groups is 1. The minimum absolute atomic E-state index is 0.108. The van der Waals surface area contributed by atoms with Crippen molar-refractivity contribution in [3.8, 4) is 0 Å². The zero-order valence-electron chi connectivity index (χ0n) is 25.7. The number of rotatable bonds is 9. The van der Waals surface area contributed by atoms with Gasteiger partial charge in [0.05, 0.1) is 17.1 Å². The van der Waals surface area contributed by atoms with E-state index in [0.717, 1.165) is 38.9 Å². The Morgan fingerprint density at radius 2 is 1.81 bits per heavy atom. The van der Waals surface area contributed by atoms with Crippen LogP contribution >= 0.6 is 23.2 Å². The van der Waals surface area contributed by atoms with Gasteiger partial charge in [0.25, 0.3) is 10.4 Å². The number of alkyl carbamates (subject to hydrolysis) is 1. The van der Waals surface area contributed by atoms with Crippen molar-refractivity contribution in [3.63, 3.8) is 0 Å². The highest BCUT2D eigenvalue weighted by Crippen LogP contribution is 2.34. The van der Waals surface area contributed by atoms with Gasteiger partial charge in [-0.15, -0.1) is 0 Å². The SMILES string of the molecule is CC(Cl)(Cl)OC(=O)NCCCCN1N=C(c2ccc(NC(=O)N3Cc4ccncc4C3)cc2)CC(c2cccc3ncccc23)C1=O. The largest absolute Gasteiger partial charge is 0.413 e. The number of anilines is 1. The number of hydrazone groups is 1. The summed E-state index contributed by atoms with van der Waals surface area (Å²) in [6.45, 7) is 3.06. The van der Waals surface area contributed by atoms with Crippen LogP contribution in [0.25, 0.3) is 10.9 Å². The van der Waals surface area contributed by atoms with Crippen molar-refractivity contribution in [3.05, 3.63) is 102 Å². The fourth-order valence-corrected chi connectivity index (χ4v) is 5.93. The second-order valence-corrected chi connectivity index (χ2v) is 13.2. The maximum Gasteiger partial charge on any atom is 0.409 e. The highest BCUT2D eigenvalue weighted by atomic mass is 35.5. The molecule has 1 atom stereocenters. The summed E-state index contributed by atoms with van der Waals surface area (Å²) in [5.41, 5.74) is 6.10. The predicted molar refractivity (Wildman–Crippen MR) is 180 cm³/mol. The molecule has 1 unspecified atom stereocenters. The number of carbonyl (C=O) groups is 3. The van der Waals surface area contributed by atoms with Crippen molar-refractivity contribution >= 4 is 63.5 Å². The Kier molecular flexibility index (Phi) is 9.55. The van der Waals surface area contributed by atoms with Crippen LogP contribution in [0.2, 0.25) is 0 Å². The number of aromatic nitrogens is 2. The van der Waals surface area contributed by atoms with E-state index in [1.165, 1.54) is 11.9 Å². The summed E-state index contributed by atoms with van der Waals surface area (Å²) in [4.78, 5) is 49.1. The lowest BCUT2D eigenvalue weighted by atomic mass is 9.86. The summed E-state index contributed by atoms with van der Waals surface area (Å²) in [5, 5.41) is 12.8. The molecular weight excluding hydrogens is 641 g/mol. The number of halogens is 2. The van der Waals surface area contributed by atoms with Crippen molar-refractivity contribution in [2.24, 2.45) is 5.10 Å². The monoisotopic (exact) mass is 673 g/mol. The molecule has 13 heteroatoms. The van der Waals surface area contributed by atoms with Gasteiger partial charge in [-0.1, -0.05) is 53.5 Å². The molecule has 4 aromatic rings. The lowest BCUT2D eigenvalue weighted by molar-refractivity contribution is -0.133. The van der Waals surface area contributed by atoms with Crippen LogP contribution in [-0.4, -0.2) is 61.2 Å². The van der Waals surface area contributed by atoms with Gasteiger partial charge in [0, 0.05) is 69.2 Å². The van der Waals surface area contributed by atoms with E-state index in [1.807, 2.05) is 60.7 Å². The van der Waals surface area contributed by atoms with Gasteiger partial charge in [-0.3, -0.25) is 14.8 Å². The Balaban J connectivity index is 1.16. The number of ether oxygens (including phenoxy) is 1. The smallest absolute Gasteiger partial charge is 0.409 e. The molecule has 0 radical (unpaired) electrons. The number of unbranched alkanes of at least 4 members (excludes halogenated alkanes) is 1. The molecule has 0 bridgehead atoms. The van der Waals surface area contributed by atoms with Gasteiger partial charge < -0.3 is 20.3 Å². The zero-order chi connectivity index (χ0) is 33.0. The molecule has 4 amide bonds. The number of hydrogen-bond donors (Lipinski definition) is 2. The molecule has 0 saturated heterocycles. The molecule has 242 valence electrons. The van der Waals surface area contributed by atoms with Crippen molar-refractivity contribution in [1.29, 1.82) is 0 Å². The van der Waals surface area contributed by atoms with E-state index >= 15 is 0 Å². The summed E-state index contributed by atoms with van der Waals surface area (Å²) in [6.07, 6.45) is 6.09. The standard InChI is InChI=1S/C34H33Cl2N7O4/c1-34(35,36)47-33(46)39-14-2-3-17-43-31(44)28(26-6-4-8-29-27(26)7-5-15-38-29)18-30(41-43)22-9-11-25(12-10-22)40-32(45)42-20-23-13-16-37-19-24(23)21-42/h4-13,15-16,19,28H,2-3,14,17-18,20-21H2,1H3,(H,39,46)(H,40,45). The number of alkyl halides is 2. The Morgan fingerprint density at radius 1 is 1.00 bits per heavy atom. The van der Waals surface area contributed by atoms with E-state index in [9.17, 15) is 14.4 Å². The zero-order valence-corrected chi connectivity index (χ0v) is 27.2. The van der Waals surface area contributed by atoms with Crippen LogP contribution < -0.4 is 10.6 Å². The molecule has 2 aromatic heterocycles. The minimum atomic E-state index is -1.62. The molecule has 0 saturated carbocycles. The van der Waals surface area contributed by atoms with Crippen molar-refractivity contribution in [2.75, 3.05) is 18.4 Å². The fourth-order valence-electron chi connectivity index (χ4n) is 5.79. The molecule has 2 N–H and O–H groups in total. The first-order valence-corrected chi connectivity index (χ1v) is 16.1. The Morgan fingerprint density at radius 3 is 2.60 bits per heavy atom. The first kappa shape index (κ1) is 32.2. The second kappa shape index (κ2) is 13.9. The molecule has 0 aliphatic carbocycles. The van der Waals surface area contributed by atoms with Crippen LogP contribution in [-0.2, 0) is 22.6 Å². The lowest BCUT2D eigenvalue weighted by Crippen LogP contribution is -2.38. The van der Waals surface area contributed by atoms with E-state index in [0.29, 0.717) is 51.1 Å². The number of pyridine rings is 2. The second-order valence-electron chi connectivity index (χ2n) is 11.5. The summed E-state index contributed by atoms with van der Waals surface area (Å²) in [7, 11) is 0. The normalized spacial score (nSPS) is 16.1. The number of benzene rings is 2. The van der Waals surface area contributed by atoms with Crippen LogP contribution in [0.4, 0.5) is 15.3 Å². The van der Waals surface area contributed by atoms with E-state index in [1.54, 1.807) is 23.5 Å². The summed E-state index contributed by atoms with van der Waals surface area (Å²) in [6, 6.07) is 18.9. The maximum atomic E-state index is 13.9. The minimum Gasteiger partial charge on any atom is -0.413 e. The Bertz CT molecular complexity index is 1800. The first-order chi connectivity index (χ1) is 22.6. The lowest BCUT2D eigenvalue weighted by Gasteiger charge is -2.30. The maximum absolute atomic E-state index is 13.9. The number of fused-ring (bicyclic) bond motifs is 2. The highest BCUT2D eigenvalue weighted by molar-refractivity contribution is 6.47. The summed E-state index contributed by atoms with van der Waals surface area (Å²) in [5.74, 6) is -0.581. The molecule has 11 nitrogen and oxygen atoms in total. The number of amides is 4. The first-order valence-electron chi connectivity index (χ1n) is 15.3. The summed E-state index contributed by atoms with van der Waals surface area (Å²) >= 11 is 11.4. The fraction of sp³-hybridized carbons (Fsp3) is 0.294. The van der Waals surface area contributed by atoms with Gasteiger partial charge in [0.2, 0.25) is 0 Å². The van der Waals surface area contributed by atoms with E-state index in [2.05, 4.69) is 20.6 Å². The van der Waals surface area contributed by atoms with E-state index in [-0.39, 0.29) is 11.9 Å². The van der Waals surface area contributed by atoms with Gasteiger partial charge in [-0.05, 0) is 65.4 Å². The van der Waals surface area contributed by atoms with Crippen molar-refractivity contribution in [1.82, 2.24) is 25.2 Å². The van der Waals surface area contributed by atoms with E-state index in [4.69, 9.17) is 33.0 Å². The molecule has 0 fully saturated rings. The quantitative estimate of drug-likeness (QED) is 0.153. The third-order valence-corrected chi connectivity index (χ3v) is 8.22. The molecule has 2 aromatic carbocycles. The molecular formula is C34H33Cl2N7O4. The van der Waals surface area contributed by atoms with Gasteiger partial charge in [0.1, 0.15) is 0 Å². The van der Waals surface area contributed by atoms with Crippen molar-refractivity contribution < 1.29 is 19.1 Å². The summed E-state index contributed by atoms with van der Waals surface area (Å²) < 4.78 is 3.22. The number of nitrogens with zero attached hydrogens (tertiary/aromatic N) is 5. The molecule has 2 aliphatic heterocycles. The Labute approximate surface area is 281 Å². The molecule has 4 heterocycles. The van der Waals surface area contributed by atoms with Gasteiger partial charge >= 0.3 is 12.1 Å². The van der Waals surface area contributed by atoms with Gasteiger partial charge in [-0.2, -0.15) is 5.10 Å². The van der Waals surface area contributed by atoms with Crippen LogP contribution in [0.5, 0.6) is 0 Å². The molecule has 47 heavy (non-hydrogen) atoms. The van der Waals surface area contributed by atoms with E-state index < -0.39 is 16.5 Å². The number of hydrogen-bond acceptors (Lipinski definition) is 7. The van der Waals surface area contributed by atoms with Crippen LogP contribution in [0.15, 0.2) is 84.4 Å². The average Bonchev–Trinajstić information content (AvgIpc) is 3.50.